The molecule has 4 aliphatic heterocycles. The Morgan fingerprint density at radius 1 is 0.934 bits per heavy atom. The van der Waals surface area contributed by atoms with Gasteiger partial charge in [0.05, 0.1) is 17.0 Å². The first-order valence-electron chi connectivity index (χ1n) is 22.1. The molecule has 1 atom stereocenters. The molecule has 0 radical (unpaired) electrons. The van der Waals surface area contributed by atoms with Gasteiger partial charge in [0.15, 0.2) is 0 Å². The topological polar surface area (TPSA) is 118 Å². The van der Waals surface area contributed by atoms with Gasteiger partial charge in [0.2, 0.25) is 6.29 Å². The molecule has 0 bridgehead atoms. The van der Waals surface area contributed by atoms with Crippen LogP contribution in [-0.4, -0.2) is 113 Å². The van der Waals surface area contributed by atoms with Gasteiger partial charge in [0.1, 0.15) is 47.4 Å². The third-order valence-corrected chi connectivity index (χ3v) is 12.7. The first-order valence-corrected chi connectivity index (χ1v) is 22.1. The summed E-state index contributed by atoms with van der Waals surface area (Å²) < 4.78 is 66.8. The number of anilines is 2. The predicted molar refractivity (Wildman–Crippen MR) is 229 cm³/mol. The van der Waals surface area contributed by atoms with Gasteiger partial charge in [0.25, 0.3) is 11.5 Å². The zero-order valence-electron chi connectivity index (χ0n) is 36.4. The predicted octanol–water partition coefficient (Wildman–Crippen LogP) is 7.85. The second kappa shape index (κ2) is 19.2. The number of carbonyl (C=O) groups is 1. The van der Waals surface area contributed by atoms with Crippen molar-refractivity contribution in [3.05, 3.63) is 70.4 Å². The molecule has 7 rings (SSSR count). The van der Waals surface area contributed by atoms with E-state index in [1.165, 1.54) is 23.4 Å². The molecule has 0 saturated carbocycles. The molecule has 334 valence electrons. The molecule has 61 heavy (non-hydrogen) atoms. The van der Waals surface area contributed by atoms with Crippen LogP contribution < -0.4 is 15.8 Å². The van der Waals surface area contributed by atoms with E-state index in [0.717, 1.165) is 77.2 Å². The minimum absolute atomic E-state index is 0.00992. The van der Waals surface area contributed by atoms with Crippen molar-refractivity contribution < 1.29 is 32.2 Å². The molecule has 0 unspecified atom stereocenters. The van der Waals surface area contributed by atoms with Crippen molar-refractivity contribution in [2.45, 2.75) is 122 Å². The number of alkyl halides is 2. The number of aromatic nitrogens is 3. The van der Waals surface area contributed by atoms with Gasteiger partial charge in [-0.25, -0.2) is 27.9 Å². The number of hydrogen-bond donors (Lipinski definition) is 1. The highest BCUT2D eigenvalue weighted by Gasteiger charge is 2.46. The minimum atomic E-state index is -3.47. The fourth-order valence-electron chi connectivity index (χ4n) is 9.14. The van der Waals surface area contributed by atoms with E-state index in [4.69, 9.17) is 14.2 Å². The number of nitrogens with one attached hydrogen (secondary N) is 1. The number of rotatable bonds is 14. The zero-order chi connectivity index (χ0) is 43.3. The Labute approximate surface area is 357 Å². The summed E-state index contributed by atoms with van der Waals surface area (Å²) in [5.74, 6) is -5.23. The lowest BCUT2D eigenvalue weighted by Gasteiger charge is -2.42. The molecule has 2 aromatic heterocycles. The molecular formula is C45H63F3N8O5. The van der Waals surface area contributed by atoms with Crippen molar-refractivity contribution >= 4 is 28.6 Å². The number of nitrogens with zero attached hydrogens (tertiary/aromatic N) is 7. The number of ether oxygens (including phenoxy) is 3. The van der Waals surface area contributed by atoms with Crippen molar-refractivity contribution in [3.63, 3.8) is 0 Å². The third-order valence-electron chi connectivity index (χ3n) is 12.7. The number of hydrogen-bond acceptors (Lipinski definition) is 11. The number of piperidine rings is 2. The molecule has 3 saturated heterocycles. The lowest BCUT2D eigenvalue weighted by Crippen LogP contribution is -2.53. The molecule has 4 aliphatic rings. The van der Waals surface area contributed by atoms with Crippen molar-refractivity contribution in [1.82, 2.24) is 29.2 Å². The van der Waals surface area contributed by atoms with E-state index < -0.39 is 41.0 Å². The summed E-state index contributed by atoms with van der Waals surface area (Å²) in [6, 6.07) is 5.72. The summed E-state index contributed by atoms with van der Waals surface area (Å²) in [5, 5.41) is 3.91. The highest BCUT2D eigenvalue weighted by molar-refractivity contribution is 5.89. The second-order valence-corrected chi connectivity index (χ2v) is 18.1. The SMILES string of the molecule is C[C@@H](Nc1ncnc2c1cc(N1CCN(C3CCN(C)CC3)CC1)c(=O)n2CCCCCCC1OC=CO1)c1cccc(C(F)(F)C2CCN(C(=O)OC(C)(C)C)CC2)c1F. The maximum atomic E-state index is 16.4. The van der Waals surface area contributed by atoms with Gasteiger partial charge < -0.3 is 34.2 Å². The Morgan fingerprint density at radius 3 is 2.31 bits per heavy atom. The Hall–Kier alpha value is -4.57. The van der Waals surface area contributed by atoms with E-state index in [2.05, 4.69) is 37.0 Å². The number of amides is 1. The van der Waals surface area contributed by atoms with Crippen LogP contribution in [-0.2, 0) is 26.7 Å². The van der Waals surface area contributed by atoms with Gasteiger partial charge in [-0.2, -0.15) is 0 Å². The number of aryl methyl sites for hydroxylation is 1. The van der Waals surface area contributed by atoms with Crippen LogP contribution in [0.1, 0.15) is 103 Å². The average molecular weight is 853 g/mol. The van der Waals surface area contributed by atoms with Crippen molar-refractivity contribution in [1.29, 1.82) is 0 Å². The highest BCUT2D eigenvalue weighted by atomic mass is 19.3. The van der Waals surface area contributed by atoms with Gasteiger partial charge in [-0.05, 0) is 92.4 Å². The third kappa shape index (κ3) is 10.6. The van der Waals surface area contributed by atoms with Crippen LogP contribution in [0.5, 0.6) is 0 Å². The molecule has 16 heteroatoms. The molecule has 3 fully saturated rings. The lowest BCUT2D eigenvalue weighted by molar-refractivity contribution is -0.0885. The largest absolute Gasteiger partial charge is 0.459 e. The number of benzene rings is 1. The minimum Gasteiger partial charge on any atom is -0.459 e. The summed E-state index contributed by atoms with van der Waals surface area (Å²) in [5.41, 5.74) is -0.395. The fourth-order valence-corrected chi connectivity index (χ4v) is 9.14. The molecule has 1 N–H and O–H groups in total. The highest BCUT2D eigenvalue weighted by Crippen LogP contribution is 2.44. The number of pyridine rings is 1. The average Bonchev–Trinajstić information content (AvgIpc) is 3.76. The molecule has 6 heterocycles. The molecule has 13 nitrogen and oxygen atoms in total. The number of unbranched alkanes of at least 4 members (excludes halogenated alkanes) is 3. The number of halogens is 3. The standard InChI is InChI=1S/C45H63F3N8O5/c1-31(34-11-10-12-36(39(34)46)45(47,48)32-14-21-55(22-15-32)43(58)61-44(2,3)4)51-40-35-29-37(54-25-23-53(24-26-54)33-16-19-52(5)20-17-33)42(57)56(41(35)50-30-49-40)18-9-7-6-8-13-38-59-27-28-60-38/h10-12,27-33,38H,6-9,13-26H2,1-5H3,(H,49,50,51)/t31-/m1/s1. The molecule has 0 spiro atoms. The van der Waals surface area contributed by atoms with Crippen molar-refractivity contribution in [3.8, 4) is 0 Å². The van der Waals surface area contributed by atoms with Gasteiger partial charge in [-0.15, -0.1) is 0 Å². The van der Waals surface area contributed by atoms with Crippen LogP contribution in [0.15, 0.2) is 47.9 Å². The van der Waals surface area contributed by atoms with E-state index in [0.29, 0.717) is 48.2 Å². The Bertz CT molecular complexity index is 2050. The maximum Gasteiger partial charge on any atom is 0.410 e. The first-order chi connectivity index (χ1) is 29.2. The van der Waals surface area contributed by atoms with E-state index in [1.807, 2.05) is 6.07 Å². The van der Waals surface area contributed by atoms with Gasteiger partial charge >= 0.3 is 6.09 Å². The summed E-state index contributed by atoms with van der Waals surface area (Å²) in [4.78, 5) is 44.7. The molecule has 0 aliphatic carbocycles. The van der Waals surface area contributed by atoms with Crippen molar-refractivity contribution in [2.24, 2.45) is 5.92 Å². The van der Waals surface area contributed by atoms with E-state index in [1.54, 1.807) is 44.8 Å². The maximum absolute atomic E-state index is 16.4. The van der Waals surface area contributed by atoms with E-state index >= 15 is 13.2 Å². The van der Waals surface area contributed by atoms with Crippen LogP contribution in [0.2, 0.25) is 0 Å². The van der Waals surface area contributed by atoms with Crippen LogP contribution in [0, 0.1) is 11.7 Å². The number of fused-ring (bicyclic) bond motifs is 1. The number of likely N-dealkylation sites (tertiary alicyclic amines) is 2. The second-order valence-electron chi connectivity index (χ2n) is 18.1. The normalized spacial score (nSPS) is 19.6. The number of piperazine rings is 1. The van der Waals surface area contributed by atoms with Crippen LogP contribution >= 0.6 is 0 Å². The number of carbonyl (C=O) groups excluding carboxylic acids is 1. The summed E-state index contributed by atoms with van der Waals surface area (Å²) >= 11 is 0. The summed E-state index contributed by atoms with van der Waals surface area (Å²) in [6.07, 6.45) is 10.3. The Balaban J connectivity index is 1.09. The zero-order valence-corrected chi connectivity index (χ0v) is 36.4. The summed E-state index contributed by atoms with van der Waals surface area (Å²) in [7, 11) is 2.17. The van der Waals surface area contributed by atoms with Crippen molar-refractivity contribution in [2.75, 3.05) is 69.6 Å². The van der Waals surface area contributed by atoms with Crippen LogP contribution in [0.25, 0.3) is 11.0 Å². The Morgan fingerprint density at radius 2 is 1.62 bits per heavy atom. The van der Waals surface area contributed by atoms with E-state index in [-0.39, 0.29) is 43.3 Å². The molecule has 1 amide bonds. The fraction of sp³-hybridized carbons (Fsp3) is 0.644. The van der Waals surface area contributed by atoms with Crippen LogP contribution in [0.4, 0.5) is 29.5 Å². The van der Waals surface area contributed by atoms with E-state index in [9.17, 15) is 9.59 Å². The molecule has 1 aromatic carbocycles. The first kappa shape index (κ1) is 44.5. The van der Waals surface area contributed by atoms with Gasteiger partial charge in [0, 0.05) is 69.8 Å². The van der Waals surface area contributed by atoms with Crippen LogP contribution in [0.3, 0.4) is 0 Å². The molecule has 3 aromatic rings. The smallest absolute Gasteiger partial charge is 0.410 e. The summed E-state index contributed by atoms with van der Waals surface area (Å²) in [6.45, 7) is 12.9. The Kier molecular flexibility index (Phi) is 14.0. The van der Waals surface area contributed by atoms with Gasteiger partial charge in [-0.1, -0.05) is 31.0 Å². The van der Waals surface area contributed by atoms with Gasteiger partial charge in [-0.3, -0.25) is 14.3 Å². The molecular weight excluding hydrogens is 790 g/mol. The monoisotopic (exact) mass is 852 g/mol. The quantitative estimate of drug-likeness (QED) is 0.160. The lowest BCUT2D eigenvalue weighted by atomic mass is 9.85.